The lowest BCUT2D eigenvalue weighted by molar-refractivity contribution is -0.121. The van der Waals surface area contributed by atoms with Gasteiger partial charge in [0.1, 0.15) is 5.82 Å². The highest BCUT2D eigenvalue weighted by molar-refractivity contribution is 9.10. The number of rotatable bonds is 7. The Morgan fingerprint density at radius 3 is 2.67 bits per heavy atom. The van der Waals surface area contributed by atoms with Crippen LogP contribution in [0.15, 0.2) is 34.3 Å². The van der Waals surface area contributed by atoms with E-state index >= 15 is 0 Å². The number of allylic oxidation sites excluding steroid dienone is 1. The van der Waals surface area contributed by atoms with E-state index in [1.165, 1.54) is 23.8 Å². The maximum absolute atomic E-state index is 13.3. The van der Waals surface area contributed by atoms with E-state index in [-0.39, 0.29) is 30.5 Å². The summed E-state index contributed by atoms with van der Waals surface area (Å²) >= 11 is 3.23. The summed E-state index contributed by atoms with van der Waals surface area (Å²) in [7, 11) is 0. The number of carbonyl (C=O) groups is 2. The quantitative estimate of drug-likeness (QED) is 0.640. The number of nitrogens with one attached hydrogen (secondary N) is 2. The molecule has 7 heteroatoms. The van der Waals surface area contributed by atoms with E-state index in [0.29, 0.717) is 4.47 Å². The van der Waals surface area contributed by atoms with E-state index < -0.39 is 11.7 Å². The average molecular weight is 440 g/mol. The molecule has 2 rings (SSSR count). The van der Waals surface area contributed by atoms with Gasteiger partial charge in [0.2, 0.25) is 5.91 Å². The van der Waals surface area contributed by atoms with E-state index in [1.807, 2.05) is 0 Å². The largest absolute Gasteiger partial charge is 0.353 e. The number of amides is 2. The van der Waals surface area contributed by atoms with Gasteiger partial charge in [0.05, 0.1) is 5.56 Å². The Balaban J connectivity index is 1.67. The molecule has 27 heavy (non-hydrogen) atoms. The van der Waals surface area contributed by atoms with Crippen LogP contribution in [0.25, 0.3) is 0 Å². The van der Waals surface area contributed by atoms with Gasteiger partial charge in [-0.1, -0.05) is 11.6 Å². The van der Waals surface area contributed by atoms with Gasteiger partial charge >= 0.3 is 0 Å². The van der Waals surface area contributed by atoms with Gasteiger partial charge in [-0.15, -0.1) is 0 Å². The Hall–Kier alpha value is -1.73. The number of carbonyl (C=O) groups excluding carboxylic acids is 2. The van der Waals surface area contributed by atoms with Crippen LogP contribution in [0.4, 0.5) is 4.39 Å². The molecule has 2 amide bonds. The minimum atomic E-state index is -0.475. The molecule has 1 aliphatic rings. The Labute approximate surface area is 168 Å². The summed E-state index contributed by atoms with van der Waals surface area (Å²) in [6.07, 6.45) is 4.30. The second kappa shape index (κ2) is 10.6. The maximum Gasteiger partial charge on any atom is 0.252 e. The highest BCUT2D eigenvalue weighted by Gasteiger charge is 2.20. The van der Waals surface area contributed by atoms with Gasteiger partial charge in [-0.05, 0) is 60.8 Å². The van der Waals surface area contributed by atoms with Gasteiger partial charge in [-0.25, -0.2) is 4.39 Å². The van der Waals surface area contributed by atoms with E-state index in [1.54, 1.807) is 0 Å². The highest BCUT2D eigenvalue weighted by atomic mass is 79.9. The van der Waals surface area contributed by atoms with Crippen LogP contribution in [0.5, 0.6) is 0 Å². The van der Waals surface area contributed by atoms with E-state index in [9.17, 15) is 14.0 Å². The third kappa shape index (κ3) is 7.42. The molecule has 2 N–H and O–H groups in total. The fourth-order valence-electron chi connectivity index (χ4n) is 2.93. The summed E-state index contributed by atoms with van der Waals surface area (Å²) in [4.78, 5) is 26.6. The predicted molar refractivity (Wildman–Crippen MR) is 108 cm³/mol. The van der Waals surface area contributed by atoms with Crippen molar-refractivity contribution in [2.75, 3.05) is 26.2 Å². The fraction of sp³-hybridized carbons (Fsp3) is 0.500. The second-order valence-corrected chi connectivity index (χ2v) is 7.91. The smallest absolute Gasteiger partial charge is 0.252 e. The fourth-order valence-corrected chi connectivity index (χ4v) is 3.35. The lowest BCUT2D eigenvalue weighted by Crippen LogP contribution is -2.45. The zero-order chi connectivity index (χ0) is 19.8. The normalized spacial score (nSPS) is 15.3. The number of benzene rings is 1. The number of hydrogen-bond acceptors (Lipinski definition) is 3. The third-order valence-corrected chi connectivity index (χ3v) is 5.21. The van der Waals surface area contributed by atoms with Crippen LogP contribution in [-0.2, 0) is 4.79 Å². The first-order valence-electron chi connectivity index (χ1n) is 9.23. The van der Waals surface area contributed by atoms with Gasteiger partial charge in [0.15, 0.2) is 0 Å². The highest BCUT2D eigenvalue weighted by Crippen LogP contribution is 2.17. The van der Waals surface area contributed by atoms with E-state index in [2.05, 4.69) is 51.4 Å². The molecule has 1 aromatic carbocycles. The molecule has 0 saturated carbocycles. The second-order valence-electron chi connectivity index (χ2n) is 7.05. The molecule has 5 nitrogen and oxygen atoms in total. The van der Waals surface area contributed by atoms with Crippen LogP contribution < -0.4 is 10.6 Å². The van der Waals surface area contributed by atoms with Gasteiger partial charge < -0.3 is 10.6 Å². The molecular formula is C20H27BrFN3O2. The molecule has 0 unspecified atom stereocenters. The summed E-state index contributed by atoms with van der Waals surface area (Å²) in [6.45, 7) is 7.31. The van der Waals surface area contributed by atoms with Gasteiger partial charge in [0.25, 0.3) is 5.91 Å². The van der Waals surface area contributed by atoms with Gasteiger partial charge in [-0.2, -0.15) is 0 Å². The molecule has 0 aliphatic carbocycles. The first kappa shape index (κ1) is 21.6. The Morgan fingerprint density at radius 1 is 1.30 bits per heavy atom. The number of piperidine rings is 1. The molecule has 1 heterocycles. The van der Waals surface area contributed by atoms with Crippen LogP contribution in [0.2, 0.25) is 0 Å². The predicted octanol–water partition coefficient (Wildman–Crippen LogP) is 3.25. The summed E-state index contributed by atoms with van der Waals surface area (Å²) in [5.41, 5.74) is 1.54. The van der Waals surface area contributed by atoms with Crippen molar-refractivity contribution in [2.45, 2.75) is 39.2 Å². The van der Waals surface area contributed by atoms with Crippen molar-refractivity contribution in [2.24, 2.45) is 0 Å². The lowest BCUT2D eigenvalue weighted by atomic mass is 10.0. The first-order chi connectivity index (χ1) is 12.8. The van der Waals surface area contributed by atoms with Crippen molar-refractivity contribution < 1.29 is 14.0 Å². The number of halogens is 2. The summed E-state index contributed by atoms with van der Waals surface area (Å²) in [5.74, 6) is -0.949. The zero-order valence-corrected chi connectivity index (χ0v) is 17.4. The lowest BCUT2D eigenvalue weighted by Gasteiger charge is -2.31. The zero-order valence-electron chi connectivity index (χ0n) is 15.9. The van der Waals surface area contributed by atoms with E-state index in [0.717, 1.165) is 32.5 Å². The van der Waals surface area contributed by atoms with Crippen molar-refractivity contribution in [3.05, 3.63) is 45.7 Å². The molecule has 0 spiro atoms. The maximum atomic E-state index is 13.3. The van der Waals surface area contributed by atoms with Crippen molar-refractivity contribution in [1.82, 2.24) is 15.5 Å². The third-order valence-electron chi connectivity index (χ3n) is 4.52. The van der Waals surface area contributed by atoms with Crippen LogP contribution >= 0.6 is 15.9 Å². The first-order valence-corrected chi connectivity index (χ1v) is 10.0. The molecule has 148 valence electrons. The topological polar surface area (TPSA) is 61.4 Å². The number of nitrogens with zero attached hydrogens (tertiary/aromatic N) is 1. The van der Waals surface area contributed by atoms with Gasteiger partial charge in [0, 0.05) is 43.1 Å². The van der Waals surface area contributed by atoms with Gasteiger partial charge in [-0.3, -0.25) is 14.5 Å². The van der Waals surface area contributed by atoms with Crippen LogP contribution in [0.3, 0.4) is 0 Å². The Morgan fingerprint density at radius 2 is 2.00 bits per heavy atom. The molecular weight excluding hydrogens is 413 g/mol. The minimum Gasteiger partial charge on any atom is -0.353 e. The SMILES string of the molecule is CC(C)=CCN1CCC(NC(=O)CCNC(=O)c2cc(F)ccc2Br)CC1. The number of hydrogen-bond donors (Lipinski definition) is 2. The van der Waals surface area contributed by atoms with E-state index in [4.69, 9.17) is 0 Å². The molecule has 1 aliphatic heterocycles. The summed E-state index contributed by atoms with van der Waals surface area (Å²) < 4.78 is 13.8. The van der Waals surface area contributed by atoms with Crippen LogP contribution in [-0.4, -0.2) is 48.9 Å². The van der Waals surface area contributed by atoms with Crippen molar-refractivity contribution >= 4 is 27.7 Å². The van der Waals surface area contributed by atoms with Crippen molar-refractivity contribution in [3.63, 3.8) is 0 Å². The molecule has 0 aromatic heterocycles. The standard InChI is InChI=1S/C20H27BrFN3O2/c1-14(2)6-10-25-11-7-16(8-12-25)24-19(26)5-9-23-20(27)17-13-15(22)3-4-18(17)21/h3-4,6,13,16H,5,7-12H2,1-2H3,(H,23,27)(H,24,26). The van der Waals surface area contributed by atoms with Crippen molar-refractivity contribution in [1.29, 1.82) is 0 Å². The summed E-state index contributed by atoms with van der Waals surface area (Å²) in [6, 6.07) is 4.12. The number of likely N-dealkylation sites (tertiary alicyclic amines) is 1. The van der Waals surface area contributed by atoms with Crippen molar-refractivity contribution in [3.8, 4) is 0 Å². The van der Waals surface area contributed by atoms with Crippen LogP contribution in [0, 0.1) is 5.82 Å². The summed E-state index contributed by atoms with van der Waals surface area (Å²) in [5, 5.41) is 5.70. The minimum absolute atomic E-state index is 0.0728. The van der Waals surface area contributed by atoms with Crippen LogP contribution in [0.1, 0.15) is 43.5 Å². The molecule has 0 radical (unpaired) electrons. The Bertz CT molecular complexity index is 696. The Kier molecular flexibility index (Phi) is 8.44. The molecule has 0 bridgehead atoms. The average Bonchev–Trinajstić information content (AvgIpc) is 2.63. The molecule has 1 aromatic rings. The molecule has 1 fully saturated rings. The molecule has 0 atom stereocenters. The monoisotopic (exact) mass is 439 g/mol. The molecule has 1 saturated heterocycles.